The summed E-state index contributed by atoms with van der Waals surface area (Å²) in [6, 6.07) is 2.10. The normalized spacial score (nSPS) is 20.5. The molecule has 8 heteroatoms. The highest BCUT2D eigenvalue weighted by molar-refractivity contribution is 7.89. The van der Waals surface area contributed by atoms with Gasteiger partial charge in [-0.1, -0.05) is 0 Å². The molecule has 2 aliphatic rings. The number of hydrogen-bond donors (Lipinski definition) is 1. The number of carboxylic acid groups (broad SMARTS) is 1. The van der Waals surface area contributed by atoms with Crippen LogP contribution in [0.15, 0.2) is 5.38 Å². The number of aromatic carboxylic acids is 1. The van der Waals surface area contributed by atoms with Crippen molar-refractivity contribution in [1.29, 1.82) is 5.26 Å². The molecule has 0 atom stereocenters. The summed E-state index contributed by atoms with van der Waals surface area (Å²) < 4.78 is 26.2. The number of fused-ring (bicyclic) bond motifs is 1. The van der Waals surface area contributed by atoms with Crippen LogP contribution in [0.2, 0.25) is 0 Å². The van der Waals surface area contributed by atoms with Gasteiger partial charge in [0.05, 0.1) is 22.8 Å². The molecule has 0 unspecified atom stereocenters. The van der Waals surface area contributed by atoms with Gasteiger partial charge >= 0.3 is 5.97 Å². The van der Waals surface area contributed by atoms with E-state index in [1.165, 1.54) is 15.6 Å². The summed E-state index contributed by atoms with van der Waals surface area (Å²) in [5, 5.41) is 19.7. The summed E-state index contributed by atoms with van der Waals surface area (Å²) >= 11 is 1.29. The van der Waals surface area contributed by atoms with Gasteiger partial charge in [0.2, 0.25) is 10.0 Å². The lowest BCUT2D eigenvalue weighted by molar-refractivity contribution is 0.0696. The molecule has 1 N–H and O–H groups in total. The zero-order valence-electron chi connectivity index (χ0n) is 11.2. The lowest BCUT2D eigenvalue weighted by atomic mass is 10.1. The van der Waals surface area contributed by atoms with Gasteiger partial charge in [-0.2, -0.15) is 9.57 Å². The Hall–Kier alpha value is -1.43. The average Bonchev–Trinajstić information content (AvgIpc) is 3.06. The Morgan fingerprint density at radius 1 is 1.52 bits per heavy atom. The third kappa shape index (κ3) is 2.57. The van der Waals surface area contributed by atoms with Crippen molar-refractivity contribution in [2.45, 2.75) is 25.8 Å². The first-order chi connectivity index (χ1) is 9.87. The Bertz CT molecular complexity index is 741. The van der Waals surface area contributed by atoms with Gasteiger partial charge in [-0.15, -0.1) is 11.3 Å². The number of rotatable bonds is 4. The van der Waals surface area contributed by atoms with E-state index in [1.807, 2.05) is 0 Å². The average molecular weight is 326 g/mol. The monoisotopic (exact) mass is 326 g/mol. The molecule has 1 aliphatic carbocycles. The number of carboxylic acids is 1. The molecule has 112 valence electrons. The molecule has 21 heavy (non-hydrogen) atoms. The van der Waals surface area contributed by atoms with Crippen molar-refractivity contribution in [2.75, 3.05) is 12.3 Å². The van der Waals surface area contributed by atoms with Crippen LogP contribution >= 0.6 is 11.3 Å². The van der Waals surface area contributed by atoms with Crippen LogP contribution in [-0.4, -0.2) is 36.1 Å². The van der Waals surface area contributed by atoms with Gasteiger partial charge in [0.15, 0.2) is 0 Å². The van der Waals surface area contributed by atoms with E-state index in [0.29, 0.717) is 19.3 Å². The molecular formula is C13H14N2O4S2. The maximum absolute atomic E-state index is 12.4. The van der Waals surface area contributed by atoms with Crippen molar-refractivity contribution in [3.63, 3.8) is 0 Å². The van der Waals surface area contributed by atoms with Gasteiger partial charge in [-0.05, 0) is 24.8 Å². The second-order valence-electron chi connectivity index (χ2n) is 5.59. The SMILES string of the molecule is N#CC1(CS(=O)(=O)N2CCc3c(C(=O)O)csc3C2)CC1. The Balaban J connectivity index is 1.80. The summed E-state index contributed by atoms with van der Waals surface area (Å²) in [7, 11) is -3.47. The van der Waals surface area contributed by atoms with E-state index < -0.39 is 21.4 Å². The standard InChI is InChI=1S/C13H14N2O4S2/c14-7-13(2-3-13)8-21(18,19)15-4-1-9-10(12(16)17)6-20-11(9)5-15/h6H,1-5,8H2,(H,16,17). The summed E-state index contributed by atoms with van der Waals surface area (Å²) in [6.45, 7) is 0.505. The Kier molecular flexibility index (Phi) is 3.31. The van der Waals surface area contributed by atoms with E-state index in [9.17, 15) is 13.2 Å². The molecule has 1 saturated carbocycles. The molecule has 1 aromatic rings. The van der Waals surface area contributed by atoms with Crippen molar-refractivity contribution in [2.24, 2.45) is 5.41 Å². The highest BCUT2D eigenvalue weighted by Crippen LogP contribution is 2.46. The third-order valence-electron chi connectivity index (χ3n) is 4.09. The Morgan fingerprint density at radius 2 is 2.24 bits per heavy atom. The lowest BCUT2D eigenvalue weighted by Crippen LogP contribution is -2.39. The minimum Gasteiger partial charge on any atom is -0.478 e. The van der Waals surface area contributed by atoms with E-state index in [2.05, 4.69) is 6.07 Å². The van der Waals surface area contributed by atoms with Crippen LogP contribution in [0, 0.1) is 16.7 Å². The predicted molar refractivity (Wildman–Crippen MR) is 76.5 cm³/mol. The van der Waals surface area contributed by atoms with E-state index in [0.717, 1.165) is 10.4 Å². The number of thiophene rings is 1. The minimum absolute atomic E-state index is 0.122. The van der Waals surface area contributed by atoms with Gasteiger partial charge in [0.1, 0.15) is 0 Å². The van der Waals surface area contributed by atoms with Crippen LogP contribution < -0.4 is 0 Å². The maximum Gasteiger partial charge on any atom is 0.336 e. The molecule has 0 amide bonds. The predicted octanol–water partition coefficient (Wildman–Crippen LogP) is 1.44. The van der Waals surface area contributed by atoms with Crippen LogP contribution in [0.4, 0.5) is 0 Å². The molecule has 0 saturated heterocycles. The summed E-state index contributed by atoms with van der Waals surface area (Å²) in [4.78, 5) is 11.9. The first-order valence-corrected chi connectivity index (χ1v) is 9.07. The molecular weight excluding hydrogens is 312 g/mol. The molecule has 0 bridgehead atoms. The molecule has 0 spiro atoms. The summed E-state index contributed by atoms with van der Waals surface area (Å²) in [6.07, 6.45) is 1.70. The lowest BCUT2D eigenvalue weighted by Gasteiger charge is -2.27. The number of sulfonamides is 1. The van der Waals surface area contributed by atoms with Gasteiger partial charge in [0.25, 0.3) is 0 Å². The fourth-order valence-electron chi connectivity index (χ4n) is 2.60. The molecule has 6 nitrogen and oxygen atoms in total. The number of nitrogens with zero attached hydrogens (tertiary/aromatic N) is 2. The van der Waals surface area contributed by atoms with E-state index in [4.69, 9.17) is 10.4 Å². The Labute approximate surface area is 126 Å². The quantitative estimate of drug-likeness (QED) is 0.902. The maximum atomic E-state index is 12.4. The van der Waals surface area contributed by atoms with Crippen LogP contribution in [0.5, 0.6) is 0 Å². The van der Waals surface area contributed by atoms with E-state index in [1.54, 1.807) is 5.38 Å². The van der Waals surface area contributed by atoms with Crippen molar-refractivity contribution in [3.8, 4) is 6.07 Å². The summed E-state index contributed by atoms with van der Waals surface area (Å²) in [5.41, 5.74) is 0.337. The van der Waals surface area contributed by atoms with Crippen molar-refractivity contribution >= 4 is 27.3 Å². The molecule has 1 fully saturated rings. The molecule has 2 heterocycles. The fourth-order valence-corrected chi connectivity index (χ4v) is 5.70. The van der Waals surface area contributed by atoms with Crippen molar-refractivity contribution < 1.29 is 18.3 Å². The second-order valence-corrected chi connectivity index (χ2v) is 8.52. The van der Waals surface area contributed by atoms with Gasteiger partial charge in [0, 0.05) is 23.3 Å². The highest BCUT2D eigenvalue weighted by atomic mass is 32.2. The molecule has 1 aliphatic heterocycles. The second kappa shape index (κ2) is 4.80. The molecule has 1 aromatic heterocycles. The van der Waals surface area contributed by atoms with Crippen molar-refractivity contribution in [3.05, 3.63) is 21.4 Å². The molecule has 0 aromatic carbocycles. The van der Waals surface area contributed by atoms with Gasteiger partial charge in [-0.3, -0.25) is 0 Å². The topological polar surface area (TPSA) is 98.5 Å². The zero-order chi connectivity index (χ0) is 15.3. The highest BCUT2D eigenvalue weighted by Gasteiger charge is 2.48. The smallest absolute Gasteiger partial charge is 0.336 e. The third-order valence-corrected chi connectivity index (χ3v) is 7.11. The molecule has 3 rings (SSSR count). The first-order valence-electron chi connectivity index (χ1n) is 6.58. The van der Waals surface area contributed by atoms with Gasteiger partial charge in [-0.25, -0.2) is 13.2 Å². The summed E-state index contributed by atoms with van der Waals surface area (Å²) in [5.74, 6) is -1.09. The molecule has 0 radical (unpaired) electrons. The van der Waals surface area contributed by atoms with E-state index >= 15 is 0 Å². The van der Waals surface area contributed by atoms with Crippen molar-refractivity contribution in [1.82, 2.24) is 4.31 Å². The van der Waals surface area contributed by atoms with Crippen LogP contribution in [-0.2, 0) is 23.0 Å². The van der Waals surface area contributed by atoms with Crippen LogP contribution in [0.25, 0.3) is 0 Å². The Morgan fingerprint density at radius 3 is 2.81 bits per heavy atom. The minimum atomic E-state index is -3.47. The fraction of sp³-hybridized carbons (Fsp3) is 0.538. The number of hydrogen-bond acceptors (Lipinski definition) is 5. The van der Waals surface area contributed by atoms with E-state index in [-0.39, 0.29) is 24.4 Å². The van der Waals surface area contributed by atoms with Crippen LogP contribution in [0.3, 0.4) is 0 Å². The number of carbonyl (C=O) groups is 1. The first kappa shape index (κ1) is 14.5. The zero-order valence-corrected chi connectivity index (χ0v) is 12.8. The number of nitriles is 1. The van der Waals surface area contributed by atoms with Crippen LogP contribution in [0.1, 0.15) is 33.6 Å². The van der Waals surface area contributed by atoms with Gasteiger partial charge < -0.3 is 5.11 Å². The largest absolute Gasteiger partial charge is 0.478 e.